The zero-order valence-electron chi connectivity index (χ0n) is 20.5. The van der Waals surface area contributed by atoms with Crippen molar-refractivity contribution >= 4 is 46.7 Å². The second-order valence-corrected chi connectivity index (χ2v) is 9.54. The van der Waals surface area contributed by atoms with Crippen LogP contribution < -0.4 is 15.0 Å². The van der Waals surface area contributed by atoms with E-state index in [1.807, 2.05) is 0 Å². The first-order valence-corrected chi connectivity index (χ1v) is 12.7. The highest BCUT2D eigenvalue weighted by molar-refractivity contribution is 6.33. The van der Waals surface area contributed by atoms with E-state index in [2.05, 4.69) is 37.1 Å². The lowest BCUT2D eigenvalue weighted by atomic mass is 10.2. The molecule has 1 saturated heterocycles. The minimum Gasteiger partial charge on any atom is -0.478 e. The van der Waals surface area contributed by atoms with Crippen LogP contribution in [-0.4, -0.2) is 82.3 Å². The third-order valence-corrected chi connectivity index (χ3v) is 6.55. The van der Waals surface area contributed by atoms with E-state index in [-0.39, 0.29) is 18.3 Å². The van der Waals surface area contributed by atoms with Crippen molar-refractivity contribution in [2.75, 3.05) is 56.6 Å². The SMILES string of the molecule is CN1CCN(CCCOc2ccc(Nc3nccc(N(Cc4cc(Cl)ccc4Cl)C(=O)O)n3)cn2)CC1. The third-order valence-electron chi connectivity index (χ3n) is 5.94. The molecule has 12 heteroatoms. The van der Waals surface area contributed by atoms with Crippen molar-refractivity contribution in [3.8, 4) is 5.88 Å². The summed E-state index contributed by atoms with van der Waals surface area (Å²) in [7, 11) is 2.15. The molecule has 0 saturated carbocycles. The minimum absolute atomic E-state index is 0.0203. The number of hydrogen-bond acceptors (Lipinski definition) is 8. The van der Waals surface area contributed by atoms with Crippen molar-refractivity contribution < 1.29 is 14.6 Å². The highest BCUT2D eigenvalue weighted by Crippen LogP contribution is 2.25. The number of ether oxygens (including phenoxy) is 1. The molecule has 1 amide bonds. The number of halogens is 2. The van der Waals surface area contributed by atoms with E-state index in [0.29, 0.717) is 33.8 Å². The Balaban J connectivity index is 1.32. The quantitative estimate of drug-likeness (QED) is 0.352. The van der Waals surface area contributed by atoms with Gasteiger partial charge in [-0.05, 0) is 49.4 Å². The molecule has 0 radical (unpaired) electrons. The highest BCUT2D eigenvalue weighted by atomic mass is 35.5. The number of hydrogen-bond donors (Lipinski definition) is 2. The molecule has 0 spiro atoms. The fourth-order valence-electron chi connectivity index (χ4n) is 3.85. The number of nitrogens with one attached hydrogen (secondary N) is 1. The highest BCUT2D eigenvalue weighted by Gasteiger charge is 2.19. The Morgan fingerprint density at radius 1 is 1.14 bits per heavy atom. The summed E-state index contributed by atoms with van der Waals surface area (Å²) in [5, 5.41) is 13.7. The maximum absolute atomic E-state index is 12.0. The zero-order chi connectivity index (χ0) is 26.2. The molecular formula is C25H29Cl2N7O3. The van der Waals surface area contributed by atoms with E-state index < -0.39 is 6.09 Å². The number of amides is 1. The molecule has 37 heavy (non-hydrogen) atoms. The number of rotatable bonds is 10. The Labute approximate surface area is 225 Å². The summed E-state index contributed by atoms with van der Waals surface area (Å²) < 4.78 is 5.78. The van der Waals surface area contributed by atoms with Crippen LogP contribution in [0.5, 0.6) is 5.88 Å². The van der Waals surface area contributed by atoms with Crippen LogP contribution in [0.1, 0.15) is 12.0 Å². The van der Waals surface area contributed by atoms with Crippen molar-refractivity contribution in [3.05, 3.63) is 64.4 Å². The molecule has 0 bridgehead atoms. The number of carbonyl (C=O) groups is 1. The summed E-state index contributed by atoms with van der Waals surface area (Å²) in [6.45, 7) is 5.99. The van der Waals surface area contributed by atoms with Gasteiger partial charge in [0.05, 0.1) is 25.0 Å². The summed E-state index contributed by atoms with van der Waals surface area (Å²) >= 11 is 12.3. The Bertz CT molecular complexity index is 1190. The topological polar surface area (TPSA) is 107 Å². The van der Waals surface area contributed by atoms with Gasteiger partial charge >= 0.3 is 6.09 Å². The fraction of sp³-hybridized carbons (Fsp3) is 0.360. The van der Waals surface area contributed by atoms with Crippen LogP contribution in [0.3, 0.4) is 0 Å². The number of nitrogens with zero attached hydrogens (tertiary/aromatic N) is 6. The number of piperazine rings is 1. The molecule has 1 fully saturated rings. The summed E-state index contributed by atoms with van der Waals surface area (Å²) in [6, 6.07) is 9.98. The van der Waals surface area contributed by atoms with Gasteiger partial charge in [-0.15, -0.1) is 0 Å². The maximum Gasteiger partial charge on any atom is 0.413 e. The summed E-state index contributed by atoms with van der Waals surface area (Å²) in [4.78, 5) is 30.7. The summed E-state index contributed by atoms with van der Waals surface area (Å²) in [6.07, 6.45) is 2.85. The molecule has 10 nitrogen and oxygen atoms in total. The molecule has 1 aromatic carbocycles. The van der Waals surface area contributed by atoms with Gasteiger partial charge in [0.15, 0.2) is 0 Å². The van der Waals surface area contributed by atoms with Crippen molar-refractivity contribution in [1.29, 1.82) is 0 Å². The smallest absolute Gasteiger partial charge is 0.413 e. The fourth-order valence-corrected chi connectivity index (χ4v) is 4.22. The maximum atomic E-state index is 12.0. The van der Waals surface area contributed by atoms with Gasteiger partial charge in [0, 0.05) is 55.0 Å². The van der Waals surface area contributed by atoms with Gasteiger partial charge in [-0.2, -0.15) is 4.98 Å². The Hall–Kier alpha value is -3.18. The standard InChI is InChI=1S/C25H29Cl2N7O3/c1-32-10-12-33(13-11-32)9-2-14-37-23-6-4-20(16-29-23)30-24-28-8-7-22(31-24)34(25(35)36)17-18-15-19(26)3-5-21(18)27/h3-8,15-16H,2,9-14,17H2,1H3,(H,35,36)(H,28,30,31). The number of carboxylic acid groups (broad SMARTS) is 1. The summed E-state index contributed by atoms with van der Waals surface area (Å²) in [5.41, 5.74) is 1.20. The molecule has 4 rings (SSSR count). The average Bonchev–Trinajstić information content (AvgIpc) is 2.89. The number of likely N-dealkylation sites (N-methyl/N-ethyl adjacent to an activating group) is 1. The normalized spacial score (nSPS) is 14.4. The van der Waals surface area contributed by atoms with Crippen LogP contribution in [0.2, 0.25) is 10.0 Å². The lowest BCUT2D eigenvalue weighted by molar-refractivity contribution is 0.145. The Morgan fingerprint density at radius 3 is 2.68 bits per heavy atom. The predicted octanol–water partition coefficient (Wildman–Crippen LogP) is 4.62. The second kappa shape index (κ2) is 12.9. The first-order chi connectivity index (χ1) is 17.9. The Morgan fingerprint density at radius 2 is 1.95 bits per heavy atom. The minimum atomic E-state index is -1.18. The zero-order valence-corrected chi connectivity index (χ0v) is 22.0. The lowest BCUT2D eigenvalue weighted by Gasteiger charge is -2.32. The van der Waals surface area contributed by atoms with Crippen LogP contribution in [0.15, 0.2) is 48.8 Å². The summed E-state index contributed by atoms with van der Waals surface area (Å²) in [5.74, 6) is 0.951. The third kappa shape index (κ3) is 7.90. The van der Waals surface area contributed by atoms with Crippen molar-refractivity contribution in [2.24, 2.45) is 0 Å². The van der Waals surface area contributed by atoms with E-state index in [0.717, 1.165) is 44.0 Å². The second-order valence-electron chi connectivity index (χ2n) is 8.70. The molecule has 1 aliphatic rings. The first kappa shape index (κ1) is 26.9. The molecule has 2 aromatic heterocycles. The Kier molecular flexibility index (Phi) is 9.34. The average molecular weight is 546 g/mol. The van der Waals surface area contributed by atoms with Gasteiger partial charge in [-0.25, -0.2) is 14.8 Å². The van der Waals surface area contributed by atoms with E-state index in [4.69, 9.17) is 27.9 Å². The van der Waals surface area contributed by atoms with E-state index in [9.17, 15) is 9.90 Å². The number of aromatic nitrogens is 3. The van der Waals surface area contributed by atoms with Gasteiger partial charge in [0.2, 0.25) is 11.8 Å². The van der Waals surface area contributed by atoms with Gasteiger partial charge < -0.3 is 25.0 Å². The van der Waals surface area contributed by atoms with Gasteiger partial charge in [0.1, 0.15) is 5.82 Å². The molecule has 1 aliphatic heterocycles. The van der Waals surface area contributed by atoms with Gasteiger partial charge in [0.25, 0.3) is 0 Å². The molecule has 196 valence electrons. The van der Waals surface area contributed by atoms with Crippen molar-refractivity contribution in [2.45, 2.75) is 13.0 Å². The molecule has 3 heterocycles. The van der Waals surface area contributed by atoms with E-state index >= 15 is 0 Å². The van der Waals surface area contributed by atoms with Crippen LogP contribution in [0.25, 0.3) is 0 Å². The van der Waals surface area contributed by atoms with Crippen molar-refractivity contribution in [3.63, 3.8) is 0 Å². The van der Waals surface area contributed by atoms with E-state index in [1.54, 1.807) is 36.5 Å². The lowest BCUT2D eigenvalue weighted by Crippen LogP contribution is -2.44. The molecule has 0 aliphatic carbocycles. The van der Waals surface area contributed by atoms with Gasteiger partial charge in [-0.3, -0.25) is 4.90 Å². The molecule has 2 N–H and O–H groups in total. The van der Waals surface area contributed by atoms with Crippen molar-refractivity contribution in [1.82, 2.24) is 24.8 Å². The van der Waals surface area contributed by atoms with Crippen LogP contribution in [-0.2, 0) is 6.54 Å². The predicted molar refractivity (Wildman–Crippen MR) is 144 cm³/mol. The van der Waals surface area contributed by atoms with Crippen LogP contribution >= 0.6 is 23.2 Å². The van der Waals surface area contributed by atoms with E-state index in [1.165, 1.54) is 12.3 Å². The molecule has 0 unspecified atom stereocenters. The number of anilines is 3. The molecule has 3 aromatic rings. The first-order valence-electron chi connectivity index (χ1n) is 11.9. The monoisotopic (exact) mass is 545 g/mol. The number of benzene rings is 1. The van der Waals surface area contributed by atoms with Crippen LogP contribution in [0, 0.1) is 0 Å². The van der Waals surface area contributed by atoms with Crippen LogP contribution in [0.4, 0.5) is 22.2 Å². The largest absolute Gasteiger partial charge is 0.478 e. The number of pyridine rings is 1. The molecule has 0 atom stereocenters. The van der Waals surface area contributed by atoms with Gasteiger partial charge in [-0.1, -0.05) is 23.2 Å². The molecular weight excluding hydrogens is 517 g/mol.